The van der Waals surface area contributed by atoms with Crippen molar-refractivity contribution in [2.45, 2.75) is 45.1 Å². The van der Waals surface area contributed by atoms with Crippen LogP contribution in [0.5, 0.6) is 0 Å². The topological polar surface area (TPSA) is 38.5 Å². The Kier molecular flexibility index (Phi) is 4.45. The smallest absolute Gasteiger partial charge is 0.0509 e. The van der Waals surface area contributed by atoms with Gasteiger partial charge in [0.25, 0.3) is 0 Å². The molecule has 2 rings (SSSR count). The van der Waals surface area contributed by atoms with Gasteiger partial charge in [-0.25, -0.2) is 0 Å². The zero-order valence-electron chi connectivity index (χ0n) is 11.5. The molecule has 100 valence electrons. The molecular weight excluding hydrogens is 212 g/mol. The van der Waals surface area contributed by atoms with E-state index in [1.807, 2.05) is 0 Å². The molecule has 2 fully saturated rings. The number of nitrogens with two attached hydrogens (primary N) is 1. The van der Waals surface area contributed by atoms with Gasteiger partial charge in [0, 0.05) is 18.7 Å². The van der Waals surface area contributed by atoms with Gasteiger partial charge in [0.1, 0.15) is 0 Å². The molecule has 2 atom stereocenters. The second-order valence-electron chi connectivity index (χ2n) is 5.87. The van der Waals surface area contributed by atoms with Crippen LogP contribution in [0.4, 0.5) is 0 Å². The van der Waals surface area contributed by atoms with E-state index in [-0.39, 0.29) is 5.54 Å². The summed E-state index contributed by atoms with van der Waals surface area (Å²) in [5.74, 6) is 1.51. The maximum absolute atomic E-state index is 6.13. The van der Waals surface area contributed by atoms with Gasteiger partial charge in [-0.2, -0.15) is 0 Å². The predicted octanol–water partition coefficient (Wildman–Crippen LogP) is 1.86. The lowest BCUT2D eigenvalue weighted by molar-refractivity contribution is -0.0763. The molecule has 2 N–H and O–H groups in total. The molecule has 0 aliphatic carbocycles. The monoisotopic (exact) mass is 240 g/mol. The number of nitrogens with zero attached hydrogens (tertiary/aromatic N) is 1. The van der Waals surface area contributed by atoms with Gasteiger partial charge in [-0.15, -0.1) is 0 Å². The summed E-state index contributed by atoms with van der Waals surface area (Å²) in [6.45, 7) is 9.64. The van der Waals surface area contributed by atoms with E-state index >= 15 is 0 Å². The van der Waals surface area contributed by atoms with Gasteiger partial charge in [0.2, 0.25) is 0 Å². The Balaban J connectivity index is 2.02. The van der Waals surface area contributed by atoms with E-state index in [0.29, 0.717) is 5.92 Å². The highest BCUT2D eigenvalue weighted by molar-refractivity contribution is 4.99. The van der Waals surface area contributed by atoms with Gasteiger partial charge < -0.3 is 10.5 Å². The normalized spacial score (nSPS) is 37.2. The Labute approximate surface area is 106 Å². The minimum Gasteiger partial charge on any atom is -0.381 e. The molecule has 0 amide bonds. The van der Waals surface area contributed by atoms with E-state index in [1.165, 1.54) is 32.4 Å². The first-order chi connectivity index (χ1) is 8.23. The third kappa shape index (κ3) is 2.51. The van der Waals surface area contributed by atoms with E-state index in [0.717, 1.165) is 32.1 Å². The molecule has 2 saturated heterocycles. The Bertz CT molecular complexity index is 238. The van der Waals surface area contributed by atoms with E-state index in [1.54, 1.807) is 0 Å². The van der Waals surface area contributed by atoms with Crippen molar-refractivity contribution in [3.8, 4) is 0 Å². The number of rotatable bonds is 3. The Morgan fingerprint density at radius 1 is 1.35 bits per heavy atom. The number of likely N-dealkylation sites (tertiary alicyclic amines) is 1. The van der Waals surface area contributed by atoms with E-state index in [2.05, 4.69) is 18.7 Å². The van der Waals surface area contributed by atoms with Crippen molar-refractivity contribution < 1.29 is 4.74 Å². The Morgan fingerprint density at radius 2 is 2.06 bits per heavy atom. The second-order valence-corrected chi connectivity index (χ2v) is 5.87. The van der Waals surface area contributed by atoms with Crippen molar-refractivity contribution in [3.05, 3.63) is 0 Å². The van der Waals surface area contributed by atoms with Gasteiger partial charge in [-0.1, -0.05) is 20.3 Å². The summed E-state index contributed by atoms with van der Waals surface area (Å²) in [6.07, 6.45) is 5.15. The van der Waals surface area contributed by atoms with Gasteiger partial charge in [-0.3, -0.25) is 4.90 Å². The van der Waals surface area contributed by atoms with Gasteiger partial charge in [0.15, 0.2) is 0 Å². The maximum Gasteiger partial charge on any atom is 0.0509 e. The highest BCUT2D eigenvalue weighted by atomic mass is 16.5. The molecule has 2 heterocycles. The van der Waals surface area contributed by atoms with E-state index in [9.17, 15) is 0 Å². The largest absolute Gasteiger partial charge is 0.381 e. The van der Waals surface area contributed by atoms with Crippen LogP contribution in [0.2, 0.25) is 0 Å². The number of ether oxygens (including phenoxy) is 1. The Morgan fingerprint density at radius 3 is 2.59 bits per heavy atom. The minimum atomic E-state index is 0.219. The zero-order valence-corrected chi connectivity index (χ0v) is 11.5. The summed E-state index contributed by atoms with van der Waals surface area (Å²) < 4.78 is 5.59. The first-order valence-electron chi connectivity index (χ1n) is 7.25. The lowest BCUT2D eigenvalue weighted by atomic mass is 9.77. The van der Waals surface area contributed by atoms with Gasteiger partial charge >= 0.3 is 0 Å². The molecule has 0 aromatic heterocycles. The molecule has 0 spiro atoms. The third-order valence-corrected chi connectivity index (χ3v) is 5.14. The quantitative estimate of drug-likeness (QED) is 0.818. The molecule has 2 aliphatic heterocycles. The molecule has 3 heteroatoms. The van der Waals surface area contributed by atoms with Gasteiger partial charge in [-0.05, 0) is 44.2 Å². The van der Waals surface area contributed by atoms with Crippen molar-refractivity contribution in [1.29, 1.82) is 0 Å². The van der Waals surface area contributed by atoms with Crippen molar-refractivity contribution in [3.63, 3.8) is 0 Å². The van der Waals surface area contributed by atoms with Crippen molar-refractivity contribution in [2.24, 2.45) is 17.6 Å². The van der Waals surface area contributed by atoms with Gasteiger partial charge in [0.05, 0.1) is 6.61 Å². The third-order valence-electron chi connectivity index (χ3n) is 5.14. The average molecular weight is 240 g/mol. The van der Waals surface area contributed by atoms with Crippen LogP contribution in [0.15, 0.2) is 0 Å². The van der Waals surface area contributed by atoms with E-state index < -0.39 is 0 Å². The van der Waals surface area contributed by atoms with Crippen LogP contribution in [0.25, 0.3) is 0 Å². The number of hydrogen-bond acceptors (Lipinski definition) is 3. The Hall–Kier alpha value is -0.120. The fourth-order valence-electron chi connectivity index (χ4n) is 3.60. The molecule has 0 aromatic carbocycles. The molecule has 0 aromatic rings. The van der Waals surface area contributed by atoms with Crippen LogP contribution in [0, 0.1) is 11.8 Å². The van der Waals surface area contributed by atoms with Crippen molar-refractivity contribution in [1.82, 2.24) is 4.90 Å². The summed E-state index contributed by atoms with van der Waals surface area (Å²) in [5, 5.41) is 0. The van der Waals surface area contributed by atoms with E-state index in [4.69, 9.17) is 10.5 Å². The summed E-state index contributed by atoms with van der Waals surface area (Å²) in [6, 6.07) is 0. The zero-order chi connectivity index (χ0) is 12.3. The first-order valence-corrected chi connectivity index (χ1v) is 7.25. The molecule has 0 bridgehead atoms. The lowest BCUT2D eigenvalue weighted by Crippen LogP contribution is -2.63. The number of piperidine rings is 1. The minimum absolute atomic E-state index is 0.219. The first kappa shape index (κ1) is 13.3. The van der Waals surface area contributed by atoms with Crippen LogP contribution in [0.1, 0.15) is 39.5 Å². The maximum atomic E-state index is 6.13. The second kappa shape index (κ2) is 5.68. The molecule has 17 heavy (non-hydrogen) atoms. The summed E-state index contributed by atoms with van der Waals surface area (Å²) >= 11 is 0. The SMILES string of the molecule is CCC1CCN(C2(CN)CCOCC2C)CC1. The highest BCUT2D eigenvalue weighted by Crippen LogP contribution is 2.35. The predicted molar refractivity (Wildman–Crippen MR) is 71.0 cm³/mol. The fourth-order valence-corrected chi connectivity index (χ4v) is 3.60. The lowest BCUT2D eigenvalue weighted by Gasteiger charge is -2.52. The van der Waals surface area contributed by atoms with Crippen LogP contribution in [0.3, 0.4) is 0 Å². The van der Waals surface area contributed by atoms with Crippen LogP contribution >= 0.6 is 0 Å². The summed E-state index contributed by atoms with van der Waals surface area (Å²) in [7, 11) is 0. The molecule has 0 saturated carbocycles. The summed E-state index contributed by atoms with van der Waals surface area (Å²) in [5.41, 5.74) is 6.35. The molecule has 2 aliphatic rings. The number of hydrogen-bond donors (Lipinski definition) is 1. The standard InChI is InChI=1S/C14H28N2O/c1-3-13-4-7-16(8-5-13)14(11-15)6-9-17-10-12(14)2/h12-13H,3-11,15H2,1-2H3. The highest BCUT2D eigenvalue weighted by Gasteiger charge is 2.43. The van der Waals surface area contributed by atoms with Crippen LogP contribution in [-0.4, -0.2) is 43.3 Å². The van der Waals surface area contributed by atoms with Crippen molar-refractivity contribution in [2.75, 3.05) is 32.8 Å². The molecular formula is C14H28N2O. The molecule has 0 radical (unpaired) electrons. The summed E-state index contributed by atoms with van der Waals surface area (Å²) in [4.78, 5) is 2.67. The van der Waals surface area contributed by atoms with Crippen LogP contribution in [-0.2, 0) is 4.74 Å². The molecule has 3 nitrogen and oxygen atoms in total. The fraction of sp³-hybridized carbons (Fsp3) is 1.00. The van der Waals surface area contributed by atoms with Crippen molar-refractivity contribution >= 4 is 0 Å². The molecule has 2 unspecified atom stereocenters. The average Bonchev–Trinajstić information content (AvgIpc) is 2.40. The van der Waals surface area contributed by atoms with Crippen LogP contribution < -0.4 is 5.73 Å².